The lowest BCUT2D eigenvalue weighted by Crippen LogP contribution is -2.28. The summed E-state index contributed by atoms with van der Waals surface area (Å²) >= 11 is 0. The van der Waals surface area contributed by atoms with E-state index in [1.54, 1.807) is 0 Å². The maximum atomic E-state index is 4.59. The lowest BCUT2D eigenvalue weighted by atomic mass is 9.86. The van der Waals surface area contributed by atoms with Crippen LogP contribution in [-0.4, -0.2) is 18.1 Å². The number of aromatic nitrogens is 1. The number of piperidine rings is 1. The molecule has 1 atom stereocenters. The minimum absolute atomic E-state index is 0.749. The van der Waals surface area contributed by atoms with Crippen molar-refractivity contribution in [3.63, 3.8) is 0 Å². The number of nitrogens with one attached hydrogen (secondary N) is 1. The van der Waals surface area contributed by atoms with Gasteiger partial charge in [0, 0.05) is 17.8 Å². The maximum Gasteiger partial charge on any atom is 0.0466 e. The Balaban J connectivity index is 1.68. The predicted octanol–water partition coefficient (Wildman–Crippen LogP) is 2.50. The van der Waals surface area contributed by atoms with E-state index in [-0.39, 0.29) is 0 Å². The zero-order chi connectivity index (χ0) is 10.8. The Kier molecular flexibility index (Phi) is 2.92. The van der Waals surface area contributed by atoms with Crippen LogP contribution in [0, 0.1) is 5.92 Å². The van der Waals surface area contributed by atoms with Gasteiger partial charge in [-0.2, -0.15) is 0 Å². The summed E-state index contributed by atoms with van der Waals surface area (Å²) in [6.45, 7) is 2.43. The number of hydrogen-bond donors (Lipinski definition) is 1. The van der Waals surface area contributed by atoms with E-state index in [0.29, 0.717) is 0 Å². The predicted molar refractivity (Wildman–Crippen MR) is 65.5 cm³/mol. The summed E-state index contributed by atoms with van der Waals surface area (Å²) in [6.07, 6.45) is 8.62. The highest BCUT2D eigenvalue weighted by Gasteiger charge is 2.26. The van der Waals surface area contributed by atoms with E-state index >= 15 is 0 Å². The van der Waals surface area contributed by atoms with E-state index in [9.17, 15) is 0 Å². The number of rotatable bonds is 2. The summed E-state index contributed by atoms with van der Waals surface area (Å²) in [5.41, 5.74) is 2.91. The fourth-order valence-electron chi connectivity index (χ4n) is 3.25. The first-order valence-electron chi connectivity index (χ1n) is 6.58. The molecule has 1 aliphatic carbocycles. The fraction of sp³-hybridized carbons (Fsp3) is 0.643. The molecular formula is C14H20N2. The van der Waals surface area contributed by atoms with Crippen molar-refractivity contribution in [2.75, 3.05) is 13.1 Å². The molecule has 0 spiro atoms. The van der Waals surface area contributed by atoms with Gasteiger partial charge in [-0.25, -0.2) is 0 Å². The lowest BCUT2D eigenvalue weighted by Gasteiger charge is -2.25. The van der Waals surface area contributed by atoms with E-state index in [4.69, 9.17) is 0 Å². The number of nitrogens with zero attached hydrogens (tertiary/aromatic N) is 1. The van der Waals surface area contributed by atoms with Crippen LogP contribution in [0.2, 0.25) is 0 Å². The molecule has 1 N–H and O–H groups in total. The van der Waals surface area contributed by atoms with Crippen LogP contribution >= 0.6 is 0 Å². The Hall–Kier alpha value is -0.890. The maximum absolute atomic E-state index is 4.59. The standard InChI is InChI=1S/C14H20N2/c1-2-12-3-4-13(14(12)16-7-1)10-11-5-8-15-9-6-11/h1-2,7,11,13,15H,3-6,8-10H2. The topological polar surface area (TPSA) is 24.9 Å². The van der Waals surface area contributed by atoms with Crippen molar-refractivity contribution in [3.8, 4) is 0 Å². The second-order valence-electron chi connectivity index (χ2n) is 5.21. The van der Waals surface area contributed by atoms with Gasteiger partial charge in [-0.05, 0) is 62.7 Å². The highest BCUT2D eigenvalue weighted by atomic mass is 14.9. The van der Waals surface area contributed by atoms with Crippen LogP contribution < -0.4 is 5.32 Å². The first kappa shape index (κ1) is 10.3. The first-order valence-corrected chi connectivity index (χ1v) is 6.58. The Morgan fingerprint density at radius 1 is 1.25 bits per heavy atom. The molecule has 1 unspecified atom stereocenters. The van der Waals surface area contributed by atoms with E-state index in [0.717, 1.165) is 11.8 Å². The van der Waals surface area contributed by atoms with Gasteiger partial charge in [-0.15, -0.1) is 0 Å². The van der Waals surface area contributed by atoms with Crippen LogP contribution in [0.1, 0.15) is 42.9 Å². The van der Waals surface area contributed by atoms with Crippen molar-refractivity contribution in [1.29, 1.82) is 0 Å². The molecule has 1 saturated heterocycles. The van der Waals surface area contributed by atoms with Crippen molar-refractivity contribution in [3.05, 3.63) is 29.6 Å². The molecule has 2 heteroatoms. The van der Waals surface area contributed by atoms with E-state index in [1.807, 2.05) is 6.20 Å². The lowest BCUT2D eigenvalue weighted by molar-refractivity contribution is 0.328. The number of pyridine rings is 1. The molecule has 3 rings (SSSR count). The monoisotopic (exact) mass is 216 g/mol. The molecule has 0 radical (unpaired) electrons. The molecule has 2 aliphatic rings. The quantitative estimate of drug-likeness (QED) is 0.821. The average molecular weight is 216 g/mol. The van der Waals surface area contributed by atoms with E-state index < -0.39 is 0 Å². The van der Waals surface area contributed by atoms with Crippen molar-refractivity contribution in [1.82, 2.24) is 10.3 Å². The largest absolute Gasteiger partial charge is 0.317 e. The number of hydrogen-bond acceptors (Lipinski definition) is 2. The van der Waals surface area contributed by atoms with E-state index in [2.05, 4.69) is 22.4 Å². The van der Waals surface area contributed by atoms with Gasteiger partial charge in [0.05, 0.1) is 0 Å². The van der Waals surface area contributed by atoms with Gasteiger partial charge in [-0.1, -0.05) is 6.07 Å². The number of aryl methyl sites for hydroxylation is 1. The van der Waals surface area contributed by atoms with Gasteiger partial charge in [0.2, 0.25) is 0 Å². The van der Waals surface area contributed by atoms with Gasteiger partial charge in [0.1, 0.15) is 0 Å². The summed E-state index contributed by atoms with van der Waals surface area (Å²) in [5.74, 6) is 1.68. The van der Waals surface area contributed by atoms with Crippen molar-refractivity contribution >= 4 is 0 Å². The molecule has 0 amide bonds. The van der Waals surface area contributed by atoms with Gasteiger partial charge in [0.25, 0.3) is 0 Å². The molecular weight excluding hydrogens is 196 g/mol. The molecule has 2 heterocycles. The van der Waals surface area contributed by atoms with Crippen LogP contribution in [0.15, 0.2) is 18.3 Å². The summed E-state index contributed by atoms with van der Waals surface area (Å²) < 4.78 is 0. The van der Waals surface area contributed by atoms with Crippen molar-refractivity contribution in [2.24, 2.45) is 5.92 Å². The second kappa shape index (κ2) is 4.54. The SMILES string of the molecule is c1cnc2c(c1)CCC2CC1CCNCC1. The Morgan fingerprint density at radius 2 is 2.12 bits per heavy atom. The van der Waals surface area contributed by atoms with Gasteiger partial charge < -0.3 is 5.32 Å². The highest BCUT2D eigenvalue weighted by Crippen LogP contribution is 2.37. The minimum Gasteiger partial charge on any atom is -0.317 e. The third-order valence-corrected chi connectivity index (χ3v) is 4.15. The molecule has 0 bridgehead atoms. The third kappa shape index (κ3) is 1.99. The first-order chi connectivity index (χ1) is 7.93. The zero-order valence-corrected chi connectivity index (χ0v) is 9.78. The zero-order valence-electron chi connectivity index (χ0n) is 9.78. The Labute approximate surface area is 97.5 Å². The summed E-state index contributed by atoms with van der Waals surface area (Å²) in [5, 5.41) is 3.44. The Morgan fingerprint density at radius 3 is 3.00 bits per heavy atom. The molecule has 1 aromatic rings. The summed E-state index contributed by atoms with van der Waals surface area (Å²) in [7, 11) is 0. The molecule has 2 nitrogen and oxygen atoms in total. The molecule has 1 aromatic heterocycles. The molecule has 0 aromatic carbocycles. The van der Waals surface area contributed by atoms with Crippen LogP contribution in [0.5, 0.6) is 0 Å². The van der Waals surface area contributed by atoms with Crippen molar-refractivity contribution in [2.45, 2.75) is 38.0 Å². The summed E-state index contributed by atoms with van der Waals surface area (Å²) in [6, 6.07) is 4.33. The van der Waals surface area contributed by atoms with Crippen LogP contribution in [-0.2, 0) is 6.42 Å². The van der Waals surface area contributed by atoms with E-state index in [1.165, 1.54) is 56.5 Å². The highest BCUT2D eigenvalue weighted by molar-refractivity contribution is 5.28. The fourth-order valence-corrected chi connectivity index (χ4v) is 3.25. The molecule has 1 fully saturated rings. The second-order valence-corrected chi connectivity index (χ2v) is 5.21. The summed E-state index contributed by atoms with van der Waals surface area (Å²) in [4.78, 5) is 4.59. The normalized spacial score (nSPS) is 25.6. The average Bonchev–Trinajstić information content (AvgIpc) is 2.74. The van der Waals surface area contributed by atoms with Gasteiger partial charge in [-0.3, -0.25) is 4.98 Å². The minimum atomic E-state index is 0.749. The smallest absolute Gasteiger partial charge is 0.0466 e. The molecule has 0 saturated carbocycles. The van der Waals surface area contributed by atoms with Crippen LogP contribution in [0.25, 0.3) is 0 Å². The van der Waals surface area contributed by atoms with Gasteiger partial charge >= 0.3 is 0 Å². The molecule has 16 heavy (non-hydrogen) atoms. The van der Waals surface area contributed by atoms with Crippen LogP contribution in [0.4, 0.5) is 0 Å². The van der Waals surface area contributed by atoms with Crippen LogP contribution in [0.3, 0.4) is 0 Å². The molecule has 86 valence electrons. The van der Waals surface area contributed by atoms with Gasteiger partial charge in [0.15, 0.2) is 0 Å². The molecule has 1 aliphatic heterocycles. The Bertz CT molecular complexity index is 356. The third-order valence-electron chi connectivity index (χ3n) is 4.15. The number of fused-ring (bicyclic) bond motifs is 1. The van der Waals surface area contributed by atoms with Crippen molar-refractivity contribution < 1.29 is 0 Å².